The molecule has 2 aromatic rings. The van der Waals surface area contributed by atoms with Gasteiger partial charge in [0.25, 0.3) is 0 Å². The van der Waals surface area contributed by atoms with Gasteiger partial charge in [0.15, 0.2) is 23.2 Å². The third-order valence-electron chi connectivity index (χ3n) is 1.92. The Morgan fingerprint density at radius 3 is 2.44 bits per heavy atom. The van der Waals surface area contributed by atoms with Crippen molar-refractivity contribution in [1.29, 1.82) is 0 Å². The number of hydrogen-bond donors (Lipinski definition) is 2. The van der Waals surface area contributed by atoms with E-state index in [-0.39, 0.29) is 11.6 Å². The van der Waals surface area contributed by atoms with E-state index in [0.717, 1.165) is 6.07 Å². The standard InChI is InChI=1S/C9H5F3N2O2/c10-3-1-5(15)9(12)7(8(3)11)4-2-6(13)16-14-4/h1-2,15H,13H2. The maximum Gasteiger partial charge on any atom is 0.222 e. The number of aromatic nitrogens is 1. The lowest BCUT2D eigenvalue weighted by Gasteiger charge is -2.03. The summed E-state index contributed by atoms with van der Waals surface area (Å²) in [4.78, 5) is 0. The number of benzene rings is 1. The molecule has 1 aromatic heterocycles. The molecule has 1 heterocycles. The summed E-state index contributed by atoms with van der Waals surface area (Å²) in [7, 11) is 0. The van der Waals surface area contributed by atoms with Gasteiger partial charge in [-0.05, 0) is 0 Å². The smallest absolute Gasteiger partial charge is 0.222 e. The number of hydrogen-bond acceptors (Lipinski definition) is 4. The summed E-state index contributed by atoms with van der Waals surface area (Å²) >= 11 is 0. The van der Waals surface area contributed by atoms with Crippen molar-refractivity contribution in [3.8, 4) is 17.0 Å². The number of phenolic OH excluding ortho intramolecular Hbond substituents is 1. The SMILES string of the molecule is Nc1cc(-c2c(F)c(O)cc(F)c2F)no1. The predicted molar refractivity (Wildman–Crippen MR) is 47.9 cm³/mol. The first-order valence-corrected chi connectivity index (χ1v) is 4.09. The molecule has 0 atom stereocenters. The molecule has 1 aromatic carbocycles. The maximum atomic E-state index is 13.4. The summed E-state index contributed by atoms with van der Waals surface area (Å²) in [5, 5.41) is 12.2. The molecule has 0 aliphatic carbocycles. The molecule has 7 heteroatoms. The molecule has 16 heavy (non-hydrogen) atoms. The Bertz CT molecular complexity index is 528. The van der Waals surface area contributed by atoms with Crippen molar-refractivity contribution >= 4 is 5.88 Å². The average Bonchev–Trinajstić information content (AvgIpc) is 2.62. The van der Waals surface area contributed by atoms with Gasteiger partial charge in [-0.25, -0.2) is 13.2 Å². The van der Waals surface area contributed by atoms with Crippen LogP contribution in [0.5, 0.6) is 5.75 Å². The normalized spacial score (nSPS) is 10.7. The van der Waals surface area contributed by atoms with Crippen molar-refractivity contribution in [3.05, 3.63) is 29.6 Å². The molecule has 3 N–H and O–H groups in total. The second-order valence-electron chi connectivity index (χ2n) is 3.00. The van der Waals surface area contributed by atoms with Crippen molar-refractivity contribution in [2.24, 2.45) is 0 Å². The number of nitrogens with zero attached hydrogens (tertiary/aromatic N) is 1. The second-order valence-corrected chi connectivity index (χ2v) is 3.00. The molecule has 0 saturated heterocycles. The van der Waals surface area contributed by atoms with E-state index < -0.39 is 28.8 Å². The lowest BCUT2D eigenvalue weighted by atomic mass is 10.1. The van der Waals surface area contributed by atoms with Gasteiger partial charge in [0.05, 0.1) is 5.56 Å². The first kappa shape index (κ1) is 10.3. The highest BCUT2D eigenvalue weighted by Gasteiger charge is 2.22. The van der Waals surface area contributed by atoms with E-state index in [0.29, 0.717) is 6.07 Å². The highest BCUT2D eigenvalue weighted by molar-refractivity contribution is 5.64. The first-order valence-electron chi connectivity index (χ1n) is 4.09. The fourth-order valence-electron chi connectivity index (χ4n) is 1.22. The number of halogens is 3. The first-order chi connectivity index (χ1) is 7.50. The Morgan fingerprint density at radius 2 is 1.88 bits per heavy atom. The summed E-state index contributed by atoms with van der Waals surface area (Å²) in [6.07, 6.45) is 0. The van der Waals surface area contributed by atoms with Crippen LogP contribution in [-0.4, -0.2) is 10.3 Å². The molecular formula is C9H5F3N2O2. The molecule has 84 valence electrons. The number of nitrogen functional groups attached to an aromatic ring is 1. The van der Waals surface area contributed by atoms with Crippen LogP contribution in [0.3, 0.4) is 0 Å². The highest BCUT2D eigenvalue weighted by atomic mass is 19.2. The van der Waals surface area contributed by atoms with Gasteiger partial charge in [-0.1, -0.05) is 5.16 Å². The number of aromatic hydroxyl groups is 1. The molecule has 0 amide bonds. The van der Waals surface area contributed by atoms with Crippen LogP contribution >= 0.6 is 0 Å². The van der Waals surface area contributed by atoms with Gasteiger partial charge in [0, 0.05) is 12.1 Å². The zero-order valence-corrected chi connectivity index (χ0v) is 7.67. The molecule has 0 bridgehead atoms. The zero-order valence-electron chi connectivity index (χ0n) is 7.67. The van der Waals surface area contributed by atoms with Crippen LogP contribution < -0.4 is 5.73 Å². The van der Waals surface area contributed by atoms with E-state index in [1.807, 2.05) is 0 Å². The minimum atomic E-state index is -1.47. The van der Waals surface area contributed by atoms with Crippen molar-refractivity contribution in [2.75, 3.05) is 5.73 Å². The van der Waals surface area contributed by atoms with Gasteiger partial charge in [-0.2, -0.15) is 0 Å². The number of rotatable bonds is 1. The fourth-order valence-corrected chi connectivity index (χ4v) is 1.22. The topological polar surface area (TPSA) is 72.3 Å². The maximum absolute atomic E-state index is 13.4. The Morgan fingerprint density at radius 1 is 1.19 bits per heavy atom. The largest absolute Gasteiger partial charge is 0.505 e. The Balaban J connectivity index is 2.73. The van der Waals surface area contributed by atoms with Gasteiger partial charge < -0.3 is 15.4 Å². The third-order valence-corrected chi connectivity index (χ3v) is 1.92. The molecule has 0 saturated carbocycles. The summed E-state index contributed by atoms with van der Waals surface area (Å²) in [6.45, 7) is 0. The third kappa shape index (κ3) is 1.46. The van der Waals surface area contributed by atoms with Gasteiger partial charge in [-0.3, -0.25) is 0 Å². The molecule has 0 radical (unpaired) electrons. The summed E-state index contributed by atoms with van der Waals surface area (Å²) < 4.78 is 44.0. The van der Waals surface area contributed by atoms with Crippen LogP contribution in [0.25, 0.3) is 11.3 Å². The molecule has 4 nitrogen and oxygen atoms in total. The Kier molecular flexibility index (Phi) is 2.22. The van der Waals surface area contributed by atoms with Crippen molar-refractivity contribution in [2.45, 2.75) is 0 Å². The van der Waals surface area contributed by atoms with E-state index in [9.17, 15) is 13.2 Å². The lowest BCUT2D eigenvalue weighted by molar-refractivity contribution is 0.412. The van der Waals surface area contributed by atoms with Gasteiger partial charge in [0.1, 0.15) is 5.69 Å². The highest BCUT2D eigenvalue weighted by Crippen LogP contribution is 2.32. The summed E-state index contributed by atoms with van der Waals surface area (Å²) in [5.74, 6) is -5.39. The van der Waals surface area contributed by atoms with Crippen LogP contribution in [0.4, 0.5) is 19.1 Å². The van der Waals surface area contributed by atoms with Crippen LogP contribution in [0.15, 0.2) is 16.7 Å². The molecule has 2 rings (SSSR count). The van der Waals surface area contributed by atoms with Crippen LogP contribution in [0, 0.1) is 17.5 Å². The van der Waals surface area contributed by atoms with Gasteiger partial charge in [-0.15, -0.1) is 0 Å². The van der Waals surface area contributed by atoms with E-state index >= 15 is 0 Å². The van der Waals surface area contributed by atoms with E-state index in [1.165, 1.54) is 0 Å². The zero-order chi connectivity index (χ0) is 11.9. The lowest BCUT2D eigenvalue weighted by Crippen LogP contribution is -1.95. The number of anilines is 1. The minimum Gasteiger partial charge on any atom is -0.505 e. The minimum absolute atomic E-state index is 0.183. The van der Waals surface area contributed by atoms with Crippen molar-refractivity contribution in [1.82, 2.24) is 5.16 Å². The monoisotopic (exact) mass is 230 g/mol. The van der Waals surface area contributed by atoms with Crippen LogP contribution in [0.1, 0.15) is 0 Å². The molecular weight excluding hydrogens is 225 g/mol. The Labute approximate surface area is 87.1 Å². The number of phenols is 1. The Hall–Kier alpha value is -2.18. The second kappa shape index (κ2) is 3.44. The molecule has 0 fully saturated rings. The van der Waals surface area contributed by atoms with Crippen molar-refractivity contribution in [3.63, 3.8) is 0 Å². The quantitative estimate of drug-likeness (QED) is 0.735. The summed E-state index contributed by atoms with van der Waals surface area (Å²) in [6, 6.07) is 1.35. The average molecular weight is 230 g/mol. The fraction of sp³-hybridized carbons (Fsp3) is 0. The summed E-state index contributed by atoms with van der Waals surface area (Å²) in [5.41, 5.74) is 4.01. The van der Waals surface area contributed by atoms with Crippen molar-refractivity contribution < 1.29 is 22.8 Å². The molecule has 0 spiro atoms. The predicted octanol–water partition coefficient (Wildman–Crippen LogP) is 2.05. The van der Waals surface area contributed by atoms with E-state index in [2.05, 4.69) is 9.68 Å². The van der Waals surface area contributed by atoms with Gasteiger partial charge in [0.2, 0.25) is 5.88 Å². The van der Waals surface area contributed by atoms with Crippen LogP contribution in [0.2, 0.25) is 0 Å². The molecule has 0 aliphatic rings. The van der Waals surface area contributed by atoms with Gasteiger partial charge >= 0.3 is 0 Å². The number of nitrogens with two attached hydrogens (primary N) is 1. The molecule has 0 unspecified atom stereocenters. The van der Waals surface area contributed by atoms with Crippen LogP contribution in [-0.2, 0) is 0 Å². The van der Waals surface area contributed by atoms with E-state index in [1.54, 1.807) is 0 Å². The molecule has 0 aliphatic heterocycles. The van der Waals surface area contributed by atoms with E-state index in [4.69, 9.17) is 10.8 Å².